The lowest BCUT2D eigenvalue weighted by atomic mass is 10.1. The fourth-order valence-corrected chi connectivity index (χ4v) is 5.73. The van der Waals surface area contributed by atoms with E-state index in [9.17, 15) is 8.42 Å². The number of nitrogens with one attached hydrogen (secondary N) is 1. The van der Waals surface area contributed by atoms with Gasteiger partial charge in [-0.15, -0.1) is 0 Å². The van der Waals surface area contributed by atoms with Crippen LogP contribution in [0.15, 0.2) is 65.6 Å². The van der Waals surface area contributed by atoms with E-state index in [1.807, 2.05) is 18.2 Å². The quantitative estimate of drug-likeness (QED) is 0.295. The molecule has 1 fully saturated rings. The second-order valence-electron chi connectivity index (χ2n) is 8.57. The fourth-order valence-electron chi connectivity index (χ4n) is 4.31. The molecule has 0 atom stereocenters. The Morgan fingerprint density at radius 3 is 2.58 bits per heavy atom. The minimum absolute atomic E-state index is 0.0724. The van der Waals surface area contributed by atoms with Gasteiger partial charge in [0.25, 0.3) is 0 Å². The third-order valence-corrected chi connectivity index (χ3v) is 7.93. The normalized spacial score (nSPS) is 15.5. The summed E-state index contributed by atoms with van der Waals surface area (Å²) in [6.07, 6.45) is 4.33. The maximum absolute atomic E-state index is 13.4. The number of unbranched alkanes of at least 4 members (excludes halogenated alkanes) is 1. The van der Waals surface area contributed by atoms with Gasteiger partial charge in [-0.25, -0.2) is 8.42 Å². The summed E-state index contributed by atoms with van der Waals surface area (Å²) < 4.78 is 33.0. The van der Waals surface area contributed by atoms with Gasteiger partial charge in [0.05, 0.1) is 4.90 Å². The lowest BCUT2D eigenvalue weighted by Gasteiger charge is -2.32. The topological polar surface area (TPSA) is 96.5 Å². The number of benzene rings is 3. The second kappa shape index (κ2) is 9.93. The number of likely N-dealkylation sites (tertiary alicyclic amines) is 1. The number of nitrogens with zero attached hydrogens (tertiary/aromatic N) is 1. The van der Waals surface area contributed by atoms with Crippen LogP contribution >= 0.6 is 0 Å². The van der Waals surface area contributed by atoms with E-state index in [-0.39, 0.29) is 22.3 Å². The fraction of sp³-hybridized carbons (Fsp3) is 0.346. The molecule has 0 bridgehead atoms. The predicted molar refractivity (Wildman–Crippen MR) is 134 cm³/mol. The molecule has 0 saturated carbocycles. The van der Waals surface area contributed by atoms with Crippen LogP contribution in [0.1, 0.15) is 38.2 Å². The average molecular weight is 466 g/mol. The molecular formula is C26H31N3O3S. The van der Waals surface area contributed by atoms with Crippen molar-refractivity contribution in [2.24, 2.45) is 0 Å². The Balaban J connectivity index is 1.54. The highest BCUT2D eigenvalue weighted by molar-refractivity contribution is 8.07. The van der Waals surface area contributed by atoms with E-state index >= 15 is 0 Å². The number of ether oxygens (including phenoxy) is 1. The van der Waals surface area contributed by atoms with Crippen molar-refractivity contribution in [3.05, 3.63) is 66.2 Å². The molecule has 3 aromatic rings. The summed E-state index contributed by atoms with van der Waals surface area (Å²) in [5, 5.41) is 9.44. The first-order valence-electron chi connectivity index (χ1n) is 11.5. The largest absolute Gasteiger partial charge is 0.490 e. The van der Waals surface area contributed by atoms with Crippen LogP contribution < -0.4 is 10.5 Å². The maximum atomic E-state index is 13.4. The van der Waals surface area contributed by atoms with Crippen molar-refractivity contribution in [2.45, 2.75) is 43.6 Å². The van der Waals surface area contributed by atoms with Gasteiger partial charge in [-0.2, -0.15) is 0 Å². The van der Waals surface area contributed by atoms with Crippen molar-refractivity contribution >= 4 is 31.3 Å². The lowest BCUT2D eigenvalue weighted by molar-refractivity contribution is 0.0998. The van der Waals surface area contributed by atoms with E-state index in [1.165, 1.54) is 18.9 Å². The van der Waals surface area contributed by atoms with Crippen molar-refractivity contribution in [2.75, 3.05) is 25.4 Å². The Morgan fingerprint density at radius 1 is 1.09 bits per heavy atom. The molecule has 0 unspecified atom stereocenters. The Kier molecular flexibility index (Phi) is 7.00. The molecule has 1 heterocycles. The van der Waals surface area contributed by atoms with Crippen LogP contribution in [-0.2, 0) is 9.84 Å². The SMILES string of the molecule is CCCCN1CCC(Oc2ccc(N)c(C(=N)S(=O)(=O)c3cccc4ccccc34)c2)CC1. The summed E-state index contributed by atoms with van der Waals surface area (Å²) in [6.45, 7) is 5.32. The number of piperidine rings is 1. The molecule has 1 aliphatic heterocycles. The molecule has 1 aliphatic rings. The first-order chi connectivity index (χ1) is 15.9. The Labute approximate surface area is 195 Å². The maximum Gasteiger partial charge on any atom is 0.224 e. The number of rotatable bonds is 7. The number of anilines is 1. The van der Waals surface area contributed by atoms with Crippen molar-refractivity contribution in [1.29, 1.82) is 5.41 Å². The van der Waals surface area contributed by atoms with Crippen molar-refractivity contribution in [3.8, 4) is 5.75 Å². The van der Waals surface area contributed by atoms with E-state index in [0.29, 0.717) is 11.1 Å². The van der Waals surface area contributed by atoms with E-state index in [4.69, 9.17) is 15.9 Å². The van der Waals surface area contributed by atoms with Crippen LogP contribution in [0.5, 0.6) is 5.75 Å². The van der Waals surface area contributed by atoms with Crippen molar-refractivity contribution < 1.29 is 13.2 Å². The van der Waals surface area contributed by atoms with Crippen LogP contribution in [0.25, 0.3) is 10.8 Å². The molecule has 0 radical (unpaired) electrons. The molecule has 174 valence electrons. The molecule has 7 heteroatoms. The Bertz CT molecular complexity index is 1240. The van der Waals surface area contributed by atoms with E-state index in [2.05, 4.69) is 11.8 Å². The Hall–Kier alpha value is -2.90. The molecule has 0 aromatic heterocycles. The highest BCUT2D eigenvalue weighted by Crippen LogP contribution is 2.30. The summed E-state index contributed by atoms with van der Waals surface area (Å²) >= 11 is 0. The van der Waals surface area contributed by atoms with Crippen LogP contribution in [-0.4, -0.2) is 44.1 Å². The Morgan fingerprint density at radius 2 is 1.82 bits per heavy atom. The van der Waals surface area contributed by atoms with Gasteiger partial charge in [0, 0.05) is 29.7 Å². The van der Waals surface area contributed by atoms with Gasteiger partial charge in [-0.1, -0.05) is 49.7 Å². The van der Waals surface area contributed by atoms with Crippen LogP contribution in [0, 0.1) is 5.41 Å². The number of hydrogen-bond acceptors (Lipinski definition) is 6. The van der Waals surface area contributed by atoms with Gasteiger partial charge >= 0.3 is 0 Å². The lowest BCUT2D eigenvalue weighted by Crippen LogP contribution is -2.38. The zero-order valence-electron chi connectivity index (χ0n) is 19.0. The average Bonchev–Trinajstić information content (AvgIpc) is 2.84. The smallest absolute Gasteiger partial charge is 0.224 e. The summed E-state index contributed by atoms with van der Waals surface area (Å²) in [7, 11) is -4.07. The summed E-state index contributed by atoms with van der Waals surface area (Å²) in [6, 6.07) is 17.3. The predicted octanol–water partition coefficient (Wildman–Crippen LogP) is 4.86. The standard InChI is InChI=1S/C26H31N3O3S/c1-2-3-15-29-16-13-20(14-17-29)32-21-11-12-24(27)23(18-21)26(28)33(30,31)25-10-6-8-19-7-4-5-9-22(19)25/h4-12,18,20,28H,2-3,13-17,27H2,1H3. The number of sulfone groups is 1. The van der Waals surface area contributed by atoms with Crippen molar-refractivity contribution in [1.82, 2.24) is 4.90 Å². The summed E-state index contributed by atoms with van der Waals surface area (Å²) in [4.78, 5) is 2.57. The zero-order chi connectivity index (χ0) is 23.4. The number of fused-ring (bicyclic) bond motifs is 1. The van der Waals surface area contributed by atoms with E-state index in [0.717, 1.165) is 37.9 Å². The zero-order valence-corrected chi connectivity index (χ0v) is 19.8. The van der Waals surface area contributed by atoms with Gasteiger partial charge in [0.15, 0.2) is 5.04 Å². The van der Waals surface area contributed by atoms with E-state index < -0.39 is 14.9 Å². The van der Waals surface area contributed by atoms with Gasteiger partial charge < -0.3 is 15.4 Å². The third-order valence-electron chi connectivity index (χ3n) is 6.24. The van der Waals surface area contributed by atoms with Crippen LogP contribution in [0.2, 0.25) is 0 Å². The number of hydrogen-bond donors (Lipinski definition) is 2. The molecule has 6 nitrogen and oxygen atoms in total. The molecule has 3 aromatic carbocycles. The monoisotopic (exact) mass is 465 g/mol. The minimum atomic E-state index is -4.07. The number of nitrogens with two attached hydrogens (primary N) is 1. The molecule has 3 N–H and O–H groups in total. The molecule has 1 saturated heterocycles. The van der Waals surface area contributed by atoms with Crippen LogP contribution in [0.4, 0.5) is 5.69 Å². The number of nitrogen functional groups attached to an aromatic ring is 1. The van der Waals surface area contributed by atoms with E-state index in [1.54, 1.807) is 36.4 Å². The van der Waals surface area contributed by atoms with Gasteiger partial charge in [-0.05, 0) is 55.5 Å². The highest BCUT2D eigenvalue weighted by atomic mass is 32.2. The third kappa shape index (κ3) is 5.04. The molecule has 0 amide bonds. The first kappa shape index (κ1) is 23.3. The highest BCUT2D eigenvalue weighted by Gasteiger charge is 2.27. The van der Waals surface area contributed by atoms with Gasteiger partial charge in [-0.3, -0.25) is 5.41 Å². The summed E-state index contributed by atoms with van der Waals surface area (Å²) in [5.41, 5.74) is 6.52. The molecular weight excluding hydrogens is 434 g/mol. The van der Waals surface area contributed by atoms with Crippen molar-refractivity contribution in [3.63, 3.8) is 0 Å². The first-order valence-corrected chi connectivity index (χ1v) is 13.0. The van der Waals surface area contributed by atoms with Gasteiger partial charge in [0.1, 0.15) is 11.9 Å². The summed E-state index contributed by atoms with van der Waals surface area (Å²) in [5.74, 6) is 0.545. The molecule has 4 rings (SSSR count). The molecule has 0 aliphatic carbocycles. The molecule has 33 heavy (non-hydrogen) atoms. The van der Waals surface area contributed by atoms with Gasteiger partial charge in [0.2, 0.25) is 9.84 Å². The second-order valence-corrected chi connectivity index (χ2v) is 10.4. The minimum Gasteiger partial charge on any atom is -0.490 e. The van der Waals surface area contributed by atoms with Crippen LogP contribution in [0.3, 0.4) is 0 Å². The molecule has 0 spiro atoms.